The minimum Gasteiger partial charge on any atom is -0.465 e. The van der Waals surface area contributed by atoms with E-state index in [9.17, 15) is 9.59 Å². The molecule has 1 aromatic carbocycles. The summed E-state index contributed by atoms with van der Waals surface area (Å²) in [5.74, 6) is -0.174. The number of rotatable bonds is 4. The molecule has 0 aromatic heterocycles. The fourth-order valence-electron chi connectivity index (χ4n) is 2.51. The molecule has 2 rings (SSSR count). The third-order valence-electron chi connectivity index (χ3n) is 3.79. The zero-order valence-electron chi connectivity index (χ0n) is 12.1. The van der Waals surface area contributed by atoms with Crippen LogP contribution in [0, 0.1) is 0 Å². The van der Waals surface area contributed by atoms with E-state index in [1.807, 2.05) is 30.3 Å². The first kappa shape index (κ1) is 15.3. The van der Waals surface area contributed by atoms with Crippen LogP contribution in [-0.2, 0) is 4.79 Å². The number of carbonyl (C=O) groups excluding carboxylic acids is 1. The molecule has 1 saturated heterocycles. The SMILES string of the molecule is CN(CCC1C(N)C(=O)N(c2ccccc2)N1C)C(=O)O. The summed E-state index contributed by atoms with van der Waals surface area (Å²) >= 11 is 0. The van der Waals surface area contributed by atoms with Crippen LogP contribution in [0.3, 0.4) is 0 Å². The zero-order valence-corrected chi connectivity index (χ0v) is 12.1. The summed E-state index contributed by atoms with van der Waals surface area (Å²) in [7, 11) is 3.29. The molecule has 3 N–H and O–H groups in total. The molecular weight excluding hydrogens is 272 g/mol. The van der Waals surface area contributed by atoms with Gasteiger partial charge in [-0.05, 0) is 18.6 Å². The Balaban J connectivity index is 2.11. The van der Waals surface area contributed by atoms with Crippen LogP contribution >= 0.6 is 0 Å². The summed E-state index contributed by atoms with van der Waals surface area (Å²) in [6, 6.07) is 8.39. The van der Waals surface area contributed by atoms with Crippen molar-refractivity contribution < 1.29 is 14.7 Å². The maximum Gasteiger partial charge on any atom is 0.407 e. The van der Waals surface area contributed by atoms with Crippen molar-refractivity contribution >= 4 is 17.7 Å². The predicted octanol–water partition coefficient (Wildman–Crippen LogP) is 0.576. The third kappa shape index (κ3) is 2.98. The van der Waals surface area contributed by atoms with E-state index in [0.717, 1.165) is 5.69 Å². The maximum absolute atomic E-state index is 12.3. The van der Waals surface area contributed by atoms with Gasteiger partial charge in [0.05, 0.1) is 11.7 Å². The van der Waals surface area contributed by atoms with E-state index >= 15 is 0 Å². The second kappa shape index (κ2) is 6.11. The number of carbonyl (C=O) groups is 2. The van der Waals surface area contributed by atoms with E-state index in [1.54, 1.807) is 17.1 Å². The fourth-order valence-corrected chi connectivity index (χ4v) is 2.51. The van der Waals surface area contributed by atoms with Gasteiger partial charge in [-0.3, -0.25) is 4.79 Å². The Bertz CT molecular complexity index is 522. The normalized spacial score (nSPS) is 22.6. The monoisotopic (exact) mass is 292 g/mol. The Labute approximate surface area is 123 Å². The van der Waals surface area contributed by atoms with Crippen LogP contribution in [0.2, 0.25) is 0 Å². The molecule has 1 fully saturated rings. The number of benzene rings is 1. The van der Waals surface area contributed by atoms with E-state index in [2.05, 4.69) is 0 Å². The second-order valence-electron chi connectivity index (χ2n) is 5.15. The molecule has 0 aliphatic carbocycles. The molecule has 21 heavy (non-hydrogen) atoms. The highest BCUT2D eigenvalue weighted by atomic mass is 16.4. The number of amides is 2. The molecular formula is C14H20N4O3. The molecule has 1 aromatic rings. The standard InChI is InChI=1S/C14H20N4O3/c1-16(14(20)21)9-8-11-12(15)13(19)18(17(11)2)10-6-4-3-5-7-10/h3-7,11-12H,8-9,15H2,1-2H3,(H,20,21). The van der Waals surface area contributed by atoms with Crippen LogP contribution in [0.25, 0.3) is 0 Å². The van der Waals surface area contributed by atoms with Crippen LogP contribution in [0.5, 0.6) is 0 Å². The Morgan fingerprint density at radius 2 is 2.00 bits per heavy atom. The second-order valence-corrected chi connectivity index (χ2v) is 5.15. The number of carboxylic acid groups (broad SMARTS) is 1. The first-order valence-corrected chi connectivity index (χ1v) is 6.75. The van der Waals surface area contributed by atoms with Crippen molar-refractivity contribution in [2.24, 2.45) is 5.73 Å². The highest BCUT2D eigenvalue weighted by Gasteiger charge is 2.43. The van der Waals surface area contributed by atoms with Crippen molar-refractivity contribution in [3.05, 3.63) is 30.3 Å². The summed E-state index contributed by atoms with van der Waals surface area (Å²) in [5.41, 5.74) is 6.76. The van der Waals surface area contributed by atoms with E-state index in [-0.39, 0.29) is 11.9 Å². The molecule has 2 atom stereocenters. The van der Waals surface area contributed by atoms with Crippen LogP contribution in [0.15, 0.2) is 30.3 Å². The Morgan fingerprint density at radius 1 is 1.38 bits per heavy atom. The smallest absolute Gasteiger partial charge is 0.407 e. The number of para-hydroxylation sites is 1. The molecule has 1 aliphatic heterocycles. The maximum atomic E-state index is 12.3. The van der Waals surface area contributed by atoms with Crippen LogP contribution in [-0.4, -0.2) is 59.7 Å². The minimum absolute atomic E-state index is 0.174. The van der Waals surface area contributed by atoms with E-state index in [0.29, 0.717) is 13.0 Å². The van der Waals surface area contributed by atoms with Crippen LogP contribution in [0.1, 0.15) is 6.42 Å². The number of hydrazine groups is 1. The Hall–Kier alpha value is -2.12. The van der Waals surface area contributed by atoms with Crippen molar-refractivity contribution in [1.82, 2.24) is 9.91 Å². The largest absolute Gasteiger partial charge is 0.465 e. The number of hydrogen-bond acceptors (Lipinski definition) is 4. The third-order valence-corrected chi connectivity index (χ3v) is 3.79. The molecule has 7 nitrogen and oxygen atoms in total. The van der Waals surface area contributed by atoms with Gasteiger partial charge in [0.2, 0.25) is 0 Å². The molecule has 1 heterocycles. The first-order valence-electron chi connectivity index (χ1n) is 6.75. The zero-order chi connectivity index (χ0) is 15.6. The van der Waals surface area contributed by atoms with Gasteiger partial charge in [0, 0.05) is 20.6 Å². The fraction of sp³-hybridized carbons (Fsp3) is 0.429. The average Bonchev–Trinajstić information content (AvgIpc) is 2.68. The number of nitrogens with two attached hydrogens (primary N) is 1. The van der Waals surface area contributed by atoms with Gasteiger partial charge in [-0.1, -0.05) is 18.2 Å². The molecule has 0 saturated carbocycles. The topological polar surface area (TPSA) is 90.1 Å². The summed E-state index contributed by atoms with van der Waals surface area (Å²) in [5, 5.41) is 12.2. The van der Waals surface area contributed by atoms with Crippen molar-refractivity contribution in [1.29, 1.82) is 0 Å². The lowest BCUT2D eigenvalue weighted by molar-refractivity contribution is -0.118. The summed E-state index contributed by atoms with van der Waals surface area (Å²) in [6.45, 7) is 0.327. The van der Waals surface area contributed by atoms with E-state index in [4.69, 9.17) is 10.8 Å². The van der Waals surface area contributed by atoms with Gasteiger partial charge in [-0.25, -0.2) is 14.8 Å². The average molecular weight is 292 g/mol. The van der Waals surface area contributed by atoms with Crippen molar-refractivity contribution in [2.75, 3.05) is 25.6 Å². The van der Waals surface area contributed by atoms with Gasteiger partial charge < -0.3 is 15.7 Å². The lowest BCUT2D eigenvalue weighted by Crippen LogP contribution is -2.43. The highest BCUT2D eigenvalue weighted by molar-refractivity contribution is 5.99. The van der Waals surface area contributed by atoms with Crippen molar-refractivity contribution in [3.8, 4) is 0 Å². The predicted molar refractivity (Wildman–Crippen MR) is 78.7 cm³/mol. The molecule has 114 valence electrons. The molecule has 1 aliphatic rings. The lowest BCUT2D eigenvalue weighted by Gasteiger charge is -2.28. The lowest BCUT2D eigenvalue weighted by atomic mass is 10.1. The molecule has 7 heteroatoms. The van der Waals surface area contributed by atoms with E-state index < -0.39 is 12.1 Å². The quantitative estimate of drug-likeness (QED) is 0.847. The molecule has 0 spiro atoms. The van der Waals surface area contributed by atoms with Gasteiger partial charge >= 0.3 is 6.09 Å². The van der Waals surface area contributed by atoms with Gasteiger partial charge in [-0.15, -0.1) is 0 Å². The first-order chi connectivity index (χ1) is 9.93. The molecule has 2 unspecified atom stereocenters. The van der Waals surface area contributed by atoms with Gasteiger partial charge in [0.15, 0.2) is 0 Å². The Morgan fingerprint density at radius 3 is 2.57 bits per heavy atom. The van der Waals surface area contributed by atoms with E-state index in [1.165, 1.54) is 11.9 Å². The molecule has 0 bridgehead atoms. The highest BCUT2D eigenvalue weighted by Crippen LogP contribution is 2.26. The summed E-state index contributed by atoms with van der Waals surface area (Å²) in [4.78, 5) is 24.3. The van der Waals surface area contributed by atoms with Crippen LogP contribution in [0.4, 0.5) is 10.5 Å². The van der Waals surface area contributed by atoms with Crippen LogP contribution < -0.4 is 10.7 Å². The summed E-state index contributed by atoms with van der Waals surface area (Å²) < 4.78 is 0. The van der Waals surface area contributed by atoms with Crippen molar-refractivity contribution in [3.63, 3.8) is 0 Å². The number of anilines is 1. The van der Waals surface area contributed by atoms with Gasteiger partial charge in [-0.2, -0.15) is 0 Å². The number of hydrogen-bond donors (Lipinski definition) is 2. The van der Waals surface area contributed by atoms with Gasteiger partial charge in [0.1, 0.15) is 6.04 Å². The number of nitrogens with zero attached hydrogens (tertiary/aromatic N) is 3. The summed E-state index contributed by atoms with van der Waals surface area (Å²) in [6.07, 6.45) is -0.495. The van der Waals surface area contributed by atoms with Gasteiger partial charge in [0.25, 0.3) is 5.91 Å². The molecule has 2 amide bonds. The molecule has 0 radical (unpaired) electrons. The minimum atomic E-state index is -0.990. The Kier molecular flexibility index (Phi) is 4.44. The van der Waals surface area contributed by atoms with Crippen molar-refractivity contribution in [2.45, 2.75) is 18.5 Å². The number of likely N-dealkylation sites (N-methyl/N-ethyl adjacent to an activating group) is 1.